The molecule has 1 aromatic heterocycles. The zero-order chi connectivity index (χ0) is 14.0. The van der Waals surface area contributed by atoms with Crippen molar-refractivity contribution in [3.63, 3.8) is 0 Å². The van der Waals surface area contributed by atoms with Crippen LogP contribution < -0.4 is 4.72 Å². The van der Waals surface area contributed by atoms with Crippen molar-refractivity contribution in [1.29, 1.82) is 5.26 Å². The van der Waals surface area contributed by atoms with Crippen LogP contribution in [0.3, 0.4) is 0 Å². The van der Waals surface area contributed by atoms with Gasteiger partial charge in [-0.1, -0.05) is 0 Å². The number of hydrogen-bond acceptors (Lipinski definition) is 6. The summed E-state index contributed by atoms with van der Waals surface area (Å²) in [6, 6.07) is 6.39. The fourth-order valence-electron chi connectivity index (χ4n) is 1.51. The summed E-state index contributed by atoms with van der Waals surface area (Å²) in [5, 5.41) is 9.23. The molecule has 8 heteroatoms. The lowest BCUT2D eigenvalue weighted by atomic mass is 10.3. The number of rotatable bonds is 3. The Balaban J connectivity index is 2.47. The van der Waals surface area contributed by atoms with Crippen molar-refractivity contribution >= 4 is 37.5 Å². The number of nitrogens with one attached hydrogen (secondary N) is 1. The molecule has 6 nitrogen and oxygen atoms in total. The molecule has 0 radical (unpaired) electrons. The van der Waals surface area contributed by atoms with E-state index in [0.29, 0.717) is 10.5 Å². The van der Waals surface area contributed by atoms with Crippen LogP contribution in [0.1, 0.15) is 11.9 Å². The number of carbonyl (C=O) groups excluding carboxylic acids is 1. The lowest BCUT2D eigenvalue weighted by Crippen LogP contribution is -2.28. The minimum absolute atomic E-state index is 0.0241. The third-order valence-electron chi connectivity index (χ3n) is 2.22. The van der Waals surface area contributed by atoms with E-state index in [9.17, 15) is 13.2 Å². The highest BCUT2D eigenvalue weighted by Crippen LogP contribution is 2.24. The van der Waals surface area contributed by atoms with E-state index >= 15 is 0 Å². The standard InChI is InChI=1S/C11H9N3O3S2/c1-7(15)14-19(16,17)8-2-3-10-9(6-8)13-11(18-10)4-5-12/h2-3,6H,4H2,1H3,(H,14,15). The van der Waals surface area contributed by atoms with Gasteiger partial charge >= 0.3 is 0 Å². The maximum atomic E-state index is 11.8. The quantitative estimate of drug-likeness (QED) is 0.916. The predicted molar refractivity (Wildman–Crippen MR) is 69.9 cm³/mol. The van der Waals surface area contributed by atoms with Crippen LogP contribution in [-0.2, 0) is 21.2 Å². The minimum Gasteiger partial charge on any atom is -0.274 e. The van der Waals surface area contributed by atoms with E-state index in [1.54, 1.807) is 6.07 Å². The molecule has 0 aliphatic rings. The van der Waals surface area contributed by atoms with Crippen molar-refractivity contribution in [2.45, 2.75) is 18.2 Å². The molecule has 1 amide bonds. The van der Waals surface area contributed by atoms with E-state index in [1.165, 1.54) is 23.5 Å². The number of hydrogen-bond donors (Lipinski definition) is 1. The molecule has 0 aliphatic carbocycles. The third kappa shape index (κ3) is 2.89. The molecule has 98 valence electrons. The van der Waals surface area contributed by atoms with Gasteiger partial charge in [0, 0.05) is 6.92 Å². The first-order valence-electron chi connectivity index (χ1n) is 5.22. The van der Waals surface area contributed by atoms with Gasteiger partial charge in [0.25, 0.3) is 10.0 Å². The molecule has 0 fully saturated rings. The van der Waals surface area contributed by atoms with Crippen LogP contribution in [0.5, 0.6) is 0 Å². The fraction of sp³-hybridized carbons (Fsp3) is 0.182. The Morgan fingerprint density at radius 2 is 2.26 bits per heavy atom. The molecule has 19 heavy (non-hydrogen) atoms. The molecular formula is C11H9N3O3S2. The van der Waals surface area contributed by atoms with Gasteiger partial charge in [0.15, 0.2) is 0 Å². The number of thiazole rings is 1. The van der Waals surface area contributed by atoms with Gasteiger partial charge in [0.1, 0.15) is 5.01 Å². The second kappa shape index (κ2) is 4.95. The summed E-state index contributed by atoms with van der Waals surface area (Å²) in [7, 11) is -3.85. The van der Waals surface area contributed by atoms with Gasteiger partial charge in [-0.2, -0.15) is 5.26 Å². The first kappa shape index (κ1) is 13.5. The van der Waals surface area contributed by atoms with Crippen LogP contribution >= 0.6 is 11.3 Å². The Bertz CT molecular complexity index is 787. The van der Waals surface area contributed by atoms with E-state index in [-0.39, 0.29) is 11.3 Å². The number of nitriles is 1. The van der Waals surface area contributed by atoms with Gasteiger partial charge < -0.3 is 0 Å². The summed E-state index contributed by atoms with van der Waals surface area (Å²) in [6.45, 7) is 1.13. The van der Waals surface area contributed by atoms with Gasteiger partial charge in [-0.25, -0.2) is 18.1 Å². The topological polar surface area (TPSA) is 99.9 Å². The zero-order valence-electron chi connectivity index (χ0n) is 9.87. The summed E-state index contributed by atoms with van der Waals surface area (Å²) < 4.78 is 26.3. The van der Waals surface area contributed by atoms with Gasteiger partial charge in [-0.05, 0) is 18.2 Å². The highest BCUT2D eigenvalue weighted by molar-refractivity contribution is 7.90. The van der Waals surface area contributed by atoms with Crippen LogP contribution in [0.4, 0.5) is 0 Å². The van der Waals surface area contributed by atoms with E-state index < -0.39 is 15.9 Å². The van der Waals surface area contributed by atoms with Crippen molar-refractivity contribution < 1.29 is 13.2 Å². The number of fused-ring (bicyclic) bond motifs is 1. The second-order valence-electron chi connectivity index (χ2n) is 3.73. The average Bonchev–Trinajstić information content (AvgIpc) is 2.68. The summed E-state index contributed by atoms with van der Waals surface area (Å²) in [5.41, 5.74) is 0.502. The number of nitrogens with zero attached hydrogens (tertiary/aromatic N) is 2. The van der Waals surface area contributed by atoms with E-state index in [0.717, 1.165) is 11.6 Å². The molecule has 0 saturated carbocycles. The van der Waals surface area contributed by atoms with Crippen LogP contribution in [0.2, 0.25) is 0 Å². The number of amides is 1. The van der Waals surface area contributed by atoms with E-state index in [1.807, 2.05) is 10.8 Å². The average molecular weight is 295 g/mol. The Morgan fingerprint density at radius 3 is 2.89 bits per heavy atom. The lowest BCUT2D eigenvalue weighted by Gasteiger charge is -2.03. The Labute approximate surface area is 113 Å². The minimum atomic E-state index is -3.85. The molecule has 1 aromatic carbocycles. The van der Waals surface area contributed by atoms with Crippen LogP contribution in [0.25, 0.3) is 10.2 Å². The first-order valence-corrected chi connectivity index (χ1v) is 7.52. The molecule has 1 N–H and O–H groups in total. The molecular weight excluding hydrogens is 286 g/mol. The maximum Gasteiger partial charge on any atom is 0.264 e. The molecule has 1 heterocycles. The Kier molecular flexibility index (Phi) is 3.50. The van der Waals surface area contributed by atoms with Gasteiger partial charge in [-0.3, -0.25) is 4.79 Å². The molecule has 0 atom stereocenters. The van der Waals surface area contributed by atoms with E-state index in [2.05, 4.69) is 4.98 Å². The molecule has 0 spiro atoms. The summed E-state index contributed by atoms with van der Waals surface area (Å²) in [4.78, 5) is 15.0. The second-order valence-corrected chi connectivity index (χ2v) is 6.53. The summed E-state index contributed by atoms with van der Waals surface area (Å²) in [5.74, 6) is -0.649. The molecule has 0 aliphatic heterocycles. The SMILES string of the molecule is CC(=O)NS(=O)(=O)c1ccc2sc(CC#N)nc2c1. The van der Waals surface area contributed by atoms with Crippen molar-refractivity contribution in [3.8, 4) is 6.07 Å². The highest BCUT2D eigenvalue weighted by Gasteiger charge is 2.16. The van der Waals surface area contributed by atoms with Gasteiger partial charge in [0.05, 0.1) is 27.6 Å². The molecule has 2 aromatic rings. The normalized spacial score (nSPS) is 11.2. The lowest BCUT2D eigenvalue weighted by molar-refractivity contribution is -0.117. The van der Waals surface area contributed by atoms with Gasteiger partial charge in [-0.15, -0.1) is 11.3 Å². The number of carbonyl (C=O) groups is 1. The number of sulfonamides is 1. The highest BCUT2D eigenvalue weighted by atomic mass is 32.2. The largest absolute Gasteiger partial charge is 0.274 e. The molecule has 0 bridgehead atoms. The molecule has 0 saturated heterocycles. The molecule has 2 rings (SSSR count). The van der Waals surface area contributed by atoms with Crippen molar-refractivity contribution in [2.75, 3.05) is 0 Å². The van der Waals surface area contributed by atoms with E-state index in [4.69, 9.17) is 5.26 Å². The number of benzene rings is 1. The van der Waals surface area contributed by atoms with Crippen LogP contribution in [0.15, 0.2) is 23.1 Å². The third-order valence-corrected chi connectivity index (χ3v) is 4.69. The van der Waals surface area contributed by atoms with Crippen LogP contribution in [-0.4, -0.2) is 19.3 Å². The monoisotopic (exact) mass is 295 g/mol. The van der Waals surface area contributed by atoms with Crippen LogP contribution in [0, 0.1) is 11.3 Å². The smallest absolute Gasteiger partial charge is 0.264 e. The maximum absolute atomic E-state index is 11.8. The predicted octanol–water partition coefficient (Wildman–Crippen LogP) is 1.19. The van der Waals surface area contributed by atoms with Crippen molar-refractivity contribution in [2.24, 2.45) is 0 Å². The van der Waals surface area contributed by atoms with Gasteiger partial charge in [0.2, 0.25) is 5.91 Å². The zero-order valence-corrected chi connectivity index (χ0v) is 11.5. The van der Waals surface area contributed by atoms with Crippen molar-refractivity contribution in [3.05, 3.63) is 23.2 Å². The Morgan fingerprint density at radius 1 is 1.53 bits per heavy atom. The first-order chi connectivity index (χ1) is 8.92. The molecule has 0 unspecified atom stereocenters. The number of aromatic nitrogens is 1. The Hall–Kier alpha value is -1.98. The fourth-order valence-corrected chi connectivity index (χ4v) is 3.40. The summed E-state index contributed by atoms with van der Waals surface area (Å²) >= 11 is 1.34. The van der Waals surface area contributed by atoms with Crippen molar-refractivity contribution in [1.82, 2.24) is 9.71 Å². The summed E-state index contributed by atoms with van der Waals surface area (Å²) in [6.07, 6.45) is 0.188.